The molecule has 2 aliphatic rings. The van der Waals surface area contributed by atoms with E-state index in [4.69, 9.17) is 4.74 Å². The van der Waals surface area contributed by atoms with Gasteiger partial charge in [-0.3, -0.25) is 0 Å². The molecule has 1 N–H and O–H groups in total. The fourth-order valence-electron chi connectivity index (χ4n) is 3.86. The Morgan fingerprint density at radius 3 is 2.68 bits per heavy atom. The number of ether oxygens (including phenoxy) is 1. The van der Waals surface area contributed by atoms with Crippen LogP contribution < -0.4 is 10.2 Å². The summed E-state index contributed by atoms with van der Waals surface area (Å²) in [5, 5.41) is 3.15. The number of morpholine rings is 1. The van der Waals surface area contributed by atoms with Crippen molar-refractivity contribution in [2.45, 2.75) is 33.6 Å². The van der Waals surface area contributed by atoms with E-state index in [2.05, 4.69) is 42.3 Å². The fraction of sp³-hybridized carbons (Fsp3) is 0.650. The molecule has 0 unspecified atom stereocenters. The van der Waals surface area contributed by atoms with Gasteiger partial charge in [-0.05, 0) is 49.3 Å². The van der Waals surface area contributed by atoms with Crippen molar-refractivity contribution in [1.29, 1.82) is 0 Å². The minimum Gasteiger partial charge on any atom is -0.378 e. The monoisotopic (exact) mass is 345 g/mol. The summed E-state index contributed by atoms with van der Waals surface area (Å²) in [6.45, 7) is 11.6. The number of rotatable bonds is 2. The van der Waals surface area contributed by atoms with E-state index in [-0.39, 0.29) is 6.03 Å². The molecule has 2 saturated heterocycles. The molecule has 1 aromatic carbocycles. The summed E-state index contributed by atoms with van der Waals surface area (Å²) in [6.07, 6.45) is 2.29. The highest BCUT2D eigenvalue weighted by atomic mass is 16.5. The standard InChI is InChI=1S/C20H31N3O2/c1-15-6-7-23(14-16(2)12-15)20(24)21-19-13-18(5-4-17(19)3)22-8-10-25-11-9-22/h4-5,13,15-16H,6-12,14H2,1-3H3,(H,21,24)/t15-,16+/m1/s1. The molecule has 1 aromatic rings. The lowest BCUT2D eigenvalue weighted by molar-refractivity contribution is 0.122. The van der Waals surface area contributed by atoms with Crippen molar-refractivity contribution in [2.75, 3.05) is 49.6 Å². The predicted octanol–water partition coefficient (Wildman–Crippen LogP) is 3.73. The molecule has 2 atom stereocenters. The first-order valence-corrected chi connectivity index (χ1v) is 9.52. The number of urea groups is 1. The summed E-state index contributed by atoms with van der Waals surface area (Å²) in [5.74, 6) is 1.25. The molecule has 138 valence electrons. The van der Waals surface area contributed by atoms with Gasteiger partial charge in [0.25, 0.3) is 0 Å². The number of nitrogens with one attached hydrogen (secondary N) is 1. The largest absolute Gasteiger partial charge is 0.378 e. The minimum atomic E-state index is 0.0307. The van der Waals surface area contributed by atoms with Gasteiger partial charge >= 0.3 is 6.03 Å². The van der Waals surface area contributed by atoms with Crippen LogP contribution >= 0.6 is 0 Å². The zero-order valence-corrected chi connectivity index (χ0v) is 15.8. The average molecular weight is 345 g/mol. The van der Waals surface area contributed by atoms with Gasteiger partial charge in [0.15, 0.2) is 0 Å². The first-order valence-electron chi connectivity index (χ1n) is 9.52. The van der Waals surface area contributed by atoms with E-state index >= 15 is 0 Å². The van der Waals surface area contributed by atoms with Crippen LogP contribution in [0.2, 0.25) is 0 Å². The van der Waals surface area contributed by atoms with Crippen molar-refractivity contribution in [3.8, 4) is 0 Å². The zero-order valence-electron chi connectivity index (χ0n) is 15.8. The third-order valence-corrected chi connectivity index (χ3v) is 5.35. The second-order valence-electron chi connectivity index (χ2n) is 7.71. The van der Waals surface area contributed by atoms with E-state index < -0.39 is 0 Å². The molecule has 2 aliphatic heterocycles. The van der Waals surface area contributed by atoms with Crippen LogP contribution in [0.15, 0.2) is 18.2 Å². The molecule has 25 heavy (non-hydrogen) atoms. The molecule has 0 spiro atoms. The summed E-state index contributed by atoms with van der Waals surface area (Å²) in [7, 11) is 0. The van der Waals surface area contributed by atoms with E-state index in [1.54, 1.807) is 0 Å². The Morgan fingerprint density at radius 1 is 1.16 bits per heavy atom. The van der Waals surface area contributed by atoms with Crippen LogP contribution in [0.4, 0.5) is 16.2 Å². The van der Waals surface area contributed by atoms with E-state index in [1.165, 1.54) is 6.42 Å². The average Bonchev–Trinajstić information content (AvgIpc) is 2.78. The molecule has 2 fully saturated rings. The highest BCUT2D eigenvalue weighted by Gasteiger charge is 2.23. The number of benzene rings is 1. The molecule has 0 aliphatic carbocycles. The smallest absolute Gasteiger partial charge is 0.321 e. The number of carbonyl (C=O) groups excluding carboxylic acids is 1. The molecule has 5 heteroatoms. The summed E-state index contributed by atoms with van der Waals surface area (Å²) in [6, 6.07) is 6.35. The number of hydrogen-bond acceptors (Lipinski definition) is 3. The lowest BCUT2D eigenvalue weighted by Crippen LogP contribution is -2.38. The summed E-state index contributed by atoms with van der Waals surface area (Å²) >= 11 is 0. The number of nitrogens with zero attached hydrogens (tertiary/aromatic N) is 2. The van der Waals surface area contributed by atoms with Gasteiger partial charge in [-0.1, -0.05) is 19.9 Å². The van der Waals surface area contributed by atoms with E-state index in [0.717, 1.165) is 62.8 Å². The number of hydrogen-bond donors (Lipinski definition) is 1. The molecule has 2 amide bonds. The molecule has 0 bridgehead atoms. The molecular formula is C20H31N3O2. The quantitative estimate of drug-likeness (QED) is 0.888. The van der Waals surface area contributed by atoms with Gasteiger partial charge in [-0.2, -0.15) is 0 Å². The van der Waals surface area contributed by atoms with E-state index in [0.29, 0.717) is 11.8 Å². The van der Waals surface area contributed by atoms with Crippen LogP contribution in [0.25, 0.3) is 0 Å². The third kappa shape index (κ3) is 4.66. The van der Waals surface area contributed by atoms with Gasteiger partial charge < -0.3 is 19.9 Å². The number of amides is 2. The lowest BCUT2D eigenvalue weighted by Gasteiger charge is -2.30. The first kappa shape index (κ1) is 18.1. The second kappa shape index (κ2) is 8.09. The van der Waals surface area contributed by atoms with Gasteiger partial charge in [0, 0.05) is 37.6 Å². The molecule has 0 saturated carbocycles. The first-order chi connectivity index (χ1) is 12.0. The third-order valence-electron chi connectivity index (χ3n) is 5.35. The van der Waals surface area contributed by atoms with Gasteiger partial charge in [0.1, 0.15) is 0 Å². The molecule has 0 aromatic heterocycles. The Kier molecular flexibility index (Phi) is 5.84. The summed E-state index contributed by atoms with van der Waals surface area (Å²) in [5.41, 5.74) is 3.17. The predicted molar refractivity (Wildman–Crippen MR) is 102 cm³/mol. The summed E-state index contributed by atoms with van der Waals surface area (Å²) < 4.78 is 5.43. The molecular weight excluding hydrogens is 314 g/mol. The van der Waals surface area contributed by atoms with Crippen LogP contribution in [-0.2, 0) is 4.74 Å². The Balaban J connectivity index is 1.69. The Hall–Kier alpha value is -1.75. The maximum atomic E-state index is 12.8. The fourth-order valence-corrected chi connectivity index (χ4v) is 3.86. The van der Waals surface area contributed by atoms with E-state index in [9.17, 15) is 4.79 Å². The van der Waals surface area contributed by atoms with Crippen LogP contribution in [0, 0.1) is 18.8 Å². The normalized spacial score (nSPS) is 24.8. The van der Waals surface area contributed by atoms with Gasteiger partial charge in [0.05, 0.1) is 13.2 Å². The Morgan fingerprint density at radius 2 is 1.92 bits per heavy atom. The van der Waals surface area contributed by atoms with Crippen molar-refractivity contribution in [2.24, 2.45) is 11.8 Å². The number of likely N-dealkylation sites (tertiary alicyclic amines) is 1. The SMILES string of the molecule is Cc1ccc(N2CCOCC2)cc1NC(=O)N1CC[C@@H](C)C[C@H](C)C1. The van der Waals surface area contributed by atoms with Crippen molar-refractivity contribution in [1.82, 2.24) is 4.90 Å². The second-order valence-corrected chi connectivity index (χ2v) is 7.71. The van der Waals surface area contributed by atoms with Crippen molar-refractivity contribution in [3.05, 3.63) is 23.8 Å². The highest BCUT2D eigenvalue weighted by molar-refractivity contribution is 5.91. The maximum Gasteiger partial charge on any atom is 0.321 e. The minimum absolute atomic E-state index is 0.0307. The Bertz CT molecular complexity index is 599. The van der Waals surface area contributed by atoms with Gasteiger partial charge in [0.2, 0.25) is 0 Å². The molecule has 3 rings (SSSR count). The van der Waals surface area contributed by atoms with Crippen LogP contribution in [0.3, 0.4) is 0 Å². The molecule has 2 heterocycles. The Labute approximate surface area is 151 Å². The van der Waals surface area contributed by atoms with Crippen LogP contribution in [0.1, 0.15) is 32.3 Å². The zero-order chi connectivity index (χ0) is 17.8. The van der Waals surface area contributed by atoms with Crippen molar-refractivity contribution >= 4 is 17.4 Å². The summed E-state index contributed by atoms with van der Waals surface area (Å²) in [4.78, 5) is 17.1. The maximum absolute atomic E-state index is 12.8. The van der Waals surface area contributed by atoms with Crippen LogP contribution in [0.5, 0.6) is 0 Å². The van der Waals surface area contributed by atoms with Crippen molar-refractivity contribution < 1.29 is 9.53 Å². The molecule has 5 nitrogen and oxygen atoms in total. The number of carbonyl (C=O) groups is 1. The highest BCUT2D eigenvalue weighted by Crippen LogP contribution is 2.26. The lowest BCUT2D eigenvalue weighted by atomic mass is 9.97. The van der Waals surface area contributed by atoms with E-state index in [1.807, 2.05) is 11.8 Å². The number of anilines is 2. The topological polar surface area (TPSA) is 44.8 Å². The molecule has 0 radical (unpaired) electrons. The van der Waals surface area contributed by atoms with Gasteiger partial charge in [-0.25, -0.2) is 4.79 Å². The van der Waals surface area contributed by atoms with Crippen molar-refractivity contribution in [3.63, 3.8) is 0 Å². The van der Waals surface area contributed by atoms with Gasteiger partial charge in [-0.15, -0.1) is 0 Å². The van der Waals surface area contributed by atoms with Crippen LogP contribution in [-0.4, -0.2) is 50.3 Å². The number of aryl methyl sites for hydroxylation is 1.